The van der Waals surface area contributed by atoms with Gasteiger partial charge in [0.05, 0.1) is 12.2 Å². The Labute approximate surface area is 93.9 Å². The van der Waals surface area contributed by atoms with Gasteiger partial charge in [-0.25, -0.2) is 8.42 Å². The Morgan fingerprint density at radius 3 is 2.31 bits per heavy atom. The van der Waals surface area contributed by atoms with Crippen molar-refractivity contribution in [1.29, 1.82) is 0 Å². The molecule has 2 N–H and O–H groups in total. The van der Waals surface area contributed by atoms with E-state index in [2.05, 4.69) is 5.32 Å². The molecule has 0 heterocycles. The minimum Gasteiger partial charge on any atom is -0.481 e. The molecule has 7 heteroatoms. The van der Waals surface area contributed by atoms with Crippen molar-refractivity contribution >= 4 is 21.7 Å². The summed E-state index contributed by atoms with van der Waals surface area (Å²) in [6.07, 6.45) is 1.07. The summed E-state index contributed by atoms with van der Waals surface area (Å²) in [5, 5.41) is 10.9. The van der Waals surface area contributed by atoms with E-state index in [4.69, 9.17) is 5.11 Å². The summed E-state index contributed by atoms with van der Waals surface area (Å²) in [5.41, 5.74) is -0.626. The molecule has 1 amide bonds. The molecule has 0 bridgehead atoms. The minimum absolute atomic E-state index is 0.139. The molecule has 6 nitrogen and oxygen atoms in total. The maximum Gasteiger partial charge on any atom is 0.303 e. The number of nitrogens with one attached hydrogen (secondary N) is 1. The van der Waals surface area contributed by atoms with Gasteiger partial charge >= 0.3 is 5.97 Å². The van der Waals surface area contributed by atoms with Gasteiger partial charge in [0, 0.05) is 7.05 Å². The van der Waals surface area contributed by atoms with Crippen LogP contribution in [0.15, 0.2) is 0 Å². The Morgan fingerprint density at radius 1 is 1.38 bits per heavy atom. The van der Waals surface area contributed by atoms with Crippen LogP contribution in [0.1, 0.15) is 19.3 Å². The standard InChI is InChI=1S/C9H15NO5S/c1-10-7(11)5-16(14,15)6-9(2-3-9)4-8(12)13/h2-6H2,1H3,(H,10,11)(H,12,13). The van der Waals surface area contributed by atoms with Gasteiger partial charge < -0.3 is 10.4 Å². The van der Waals surface area contributed by atoms with Crippen molar-refractivity contribution in [1.82, 2.24) is 5.32 Å². The number of rotatable bonds is 6. The molecule has 0 radical (unpaired) electrons. The summed E-state index contributed by atoms with van der Waals surface area (Å²) in [7, 11) is -2.15. The largest absolute Gasteiger partial charge is 0.481 e. The number of hydrogen-bond donors (Lipinski definition) is 2. The molecule has 0 aromatic carbocycles. The van der Waals surface area contributed by atoms with Crippen molar-refractivity contribution in [3.63, 3.8) is 0 Å². The van der Waals surface area contributed by atoms with E-state index in [9.17, 15) is 18.0 Å². The average Bonchev–Trinajstić information content (AvgIpc) is 2.80. The van der Waals surface area contributed by atoms with E-state index in [0.717, 1.165) is 0 Å². The zero-order valence-electron chi connectivity index (χ0n) is 9.02. The molecule has 1 rings (SSSR count). The van der Waals surface area contributed by atoms with Crippen LogP contribution in [0.25, 0.3) is 0 Å². The van der Waals surface area contributed by atoms with Crippen LogP contribution in [0.4, 0.5) is 0 Å². The van der Waals surface area contributed by atoms with Gasteiger partial charge in [0.1, 0.15) is 5.75 Å². The molecule has 92 valence electrons. The first kappa shape index (κ1) is 13.0. The highest BCUT2D eigenvalue weighted by atomic mass is 32.2. The van der Waals surface area contributed by atoms with Crippen LogP contribution in [-0.4, -0.2) is 44.0 Å². The highest BCUT2D eigenvalue weighted by Gasteiger charge is 2.47. The summed E-state index contributed by atoms with van der Waals surface area (Å²) < 4.78 is 23.2. The predicted octanol–water partition coefficient (Wildman–Crippen LogP) is -0.598. The van der Waals surface area contributed by atoms with E-state index in [1.807, 2.05) is 0 Å². The van der Waals surface area contributed by atoms with Gasteiger partial charge in [0.2, 0.25) is 5.91 Å². The quantitative estimate of drug-likeness (QED) is 0.654. The van der Waals surface area contributed by atoms with Crippen LogP contribution in [-0.2, 0) is 19.4 Å². The fourth-order valence-electron chi connectivity index (χ4n) is 1.66. The van der Waals surface area contributed by atoms with E-state index >= 15 is 0 Å². The van der Waals surface area contributed by atoms with Crippen molar-refractivity contribution in [3.05, 3.63) is 0 Å². The van der Waals surface area contributed by atoms with Crippen molar-refractivity contribution in [2.75, 3.05) is 18.6 Å². The number of carboxylic acid groups (broad SMARTS) is 1. The Bertz CT molecular complexity index is 396. The molecular weight excluding hydrogens is 234 g/mol. The summed E-state index contributed by atoms with van der Waals surface area (Å²) >= 11 is 0. The van der Waals surface area contributed by atoms with Crippen LogP contribution in [0.5, 0.6) is 0 Å². The molecule has 0 aromatic heterocycles. The fourth-order valence-corrected chi connectivity index (χ4v) is 3.63. The van der Waals surface area contributed by atoms with Crippen LogP contribution < -0.4 is 5.32 Å². The normalized spacial score (nSPS) is 17.8. The van der Waals surface area contributed by atoms with Gasteiger partial charge in [0.25, 0.3) is 0 Å². The number of amides is 1. The van der Waals surface area contributed by atoms with Crippen molar-refractivity contribution in [2.45, 2.75) is 19.3 Å². The second-order valence-electron chi connectivity index (χ2n) is 4.28. The average molecular weight is 249 g/mol. The van der Waals surface area contributed by atoms with Gasteiger partial charge in [-0.1, -0.05) is 0 Å². The lowest BCUT2D eigenvalue weighted by atomic mass is 10.1. The number of carboxylic acids is 1. The van der Waals surface area contributed by atoms with Crippen LogP contribution in [0, 0.1) is 5.41 Å². The summed E-state index contributed by atoms with van der Waals surface area (Å²) in [6, 6.07) is 0. The summed E-state index contributed by atoms with van der Waals surface area (Å²) in [6.45, 7) is 0. The molecular formula is C9H15NO5S. The SMILES string of the molecule is CNC(=O)CS(=O)(=O)CC1(CC(=O)O)CC1. The third kappa shape index (κ3) is 3.80. The van der Waals surface area contributed by atoms with E-state index in [0.29, 0.717) is 12.8 Å². The number of carbonyl (C=O) groups is 2. The topological polar surface area (TPSA) is 101 Å². The monoisotopic (exact) mass is 249 g/mol. The lowest BCUT2D eigenvalue weighted by Gasteiger charge is -2.12. The fraction of sp³-hybridized carbons (Fsp3) is 0.778. The molecule has 0 atom stereocenters. The van der Waals surface area contributed by atoms with Gasteiger partial charge in [0.15, 0.2) is 9.84 Å². The van der Waals surface area contributed by atoms with Gasteiger partial charge in [-0.3, -0.25) is 9.59 Å². The van der Waals surface area contributed by atoms with Gasteiger partial charge in [-0.05, 0) is 18.3 Å². The highest BCUT2D eigenvalue weighted by molar-refractivity contribution is 7.92. The maximum atomic E-state index is 11.6. The lowest BCUT2D eigenvalue weighted by molar-refractivity contribution is -0.138. The Kier molecular flexibility index (Phi) is 3.57. The number of aliphatic carboxylic acids is 1. The maximum absolute atomic E-state index is 11.6. The van der Waals surface area contributed by atoms with Crippen LogP contribution in [0.3, 0.4) is 0 Å². The third-order valence-electron chi connectivity index (χ3n) is 2.64. The molecule has 0 spiro atoms. The molecule has 0 unspecified atom stereocenters. The van der Waals surface area contributed by atoms with Gasteiger partial charge in [-0.15, -0.1) is 0 Å². The predicted molar refractivity (Wildman–Crippen MR) is 56.6 cm³/mol. The molecule has 0 aromatic rings. The van der Waals surface area contributed by atoms with Crippen LogP contribution in [0.2, 0.25) is 0 Å². The van der Waals surface area contributed by atoms with Crippen molar-refractivity contribution in [2.24, 2.45) is 5.41 Å². The number of sulfone groups is 1. The Hall–Kier alpha value is -1.11. The van der Waals surface area contributed by atoms with E-state index in [1.165, 1.54) is 7.05 Å². The van der Waals surface area contributed by atoms with Crippen LogP contribution >= 0.6 is 0 Å². The highest BCUT2D eigenvalue weighted by Crippen LogP contribution is 2.49. The van der Waals surface area contributed by atoms with Gasteiger partial charge in [-0.2, -0.15) is 0 Å². The summed E-state index contributed by atoms with van der Waals surface area (Å²) in [5.74, 6) is -2.33. The molecule has 1 aliphatic rings. The molecule has 1 aliphatic carbocycles. The first-order valence-corrected chi connectivity index (χ1v) is 6.74. The number of carbonyl (C=O) groups excluding carboxylic acids is 1. The molecule has 16 heavy (non-hydrogen) atoms. The lowest BCUT2D eigenvalue weighted by Crippen LogP contribution is -2.31. The van der Waals surface area contributed by atoms with E-state index < -0.39 is 32.9 Å². The zero-order chi connectivity index (χ0) is 12.4. The zero-order valence-corrected chi connectivity index (χ0v) is 9.84. The first-order valence-electron chi connectivity index (χ1n) is 4.91. The molecule has 0 saturated heterocycles. The second kappa shape index (κ2) is 4.40. The first-order chi connectivity index (χ1) is 7.29. The molecule has 1 saturated carbocycles. The van der Waals surface area contributed by atoms with Crippen molar-refractivity contribution < 1.29 is 23.1 Å². The smallest absolute Gasteiger partial charge is 0.303 e. The second-order valence-corrected chi connectivity index (χ2v) is 6.34. The number of hydrogen-bond acceptors (Lipinski definition) is 4. The molecule has 0 aliphatic heterocycles. The van der Waals surface area contributed by atoms with E-state index in [-0.39, 0.29) is 12.2 Å². The molecule has 1 fully saturated rings. The third-order valence-corrected chi connectivity index (χ3v) is 4.39. The summed E-state index contributed by atoms with van der Waals surface area (Å²) in [4.78, 5) is 21.5. The Morgan fingerprint density at radius 2 is 1.94 bits per heavy atom. The minimum atomic E-state index is -3.51. The van der Waals surface area contributed by atoms with E-state index in [1.54, 1.807) is 0 Å². The van der Waals surface area contributed by atoms with Crippen molar-refractivity contribution in [3.8, 4) is 0 Å². The Balaban J connectivity index is 2.59.